The van der Waals surface area contributed by atoms with E-state index in [1.54, 1.807) is 30.7 Å². The van der Waals surface area contributed by atoms with Crippen molar-refractivity contribution in [1.29, 1.82) is 0 Å². The Bertz CT molecular complexity index is 1020. The fourth-order valence-corrected chi connectivity index (χ4v) is 4.00. The molecule has 2 unspecified atom stereocenters. The van der Waals surface area contributed by atoms with Gasteiger partial charge in [0.2, 0.25) is 5.88 Å². The molecule has 4 heterocycles. The summed E-state index contributed by atoms with van der Waals surface area (Å²) in [6.07, 6.45) is 6.03. The summed E-state index contributed by atoms with van der Waals surface area (Å²) in [5.41, 5.74) is 15.8. The van der Waals surface area contributed by atoms with E-state index in [9.17, 15) is 4.79 Å². The quantitative estimate of drug-likeness (QED) is 0.638. The lowest BCUT2D eigenvalue weighted by Crippen LogP contribution is -2.47. The Labute approximate surface area is 162 Å². The van der Waals surface area contributed by atoms with Gasteiger partial charge >= 0.3 is 0 Å². The summed E-state index contributed by atoms with van der Waals surface area (Å²) < 4.78 is 5.47. The van der Waals surface area contributed by atoms with Gasteiger partial charge in [-0.25, -0.2) is 0 Å². The number of aryl methyl sites for hydroxylation is 1. The molecule has 0 radical (unpaired) electrons. The van der Waals surface area contributed by atoms with Gasteiger partial charge in [0, 0.05) is 31.5 Å². The van der Waals surface area contributed by atoms with Crippen LogP contribution in [0, 0.1) is 12.8 Å². The van der Waals surface area contributed by atoms with Crippen LogP contribution in [0.5, 0.6) is 0 Å². The summed E-state index contributed by atoms with van der Waals surface area (Å²) in [6, 6.07) is 3.56. The normalized spacial score (nSPS) is 19.8. The number of nitrogens with two attached hydrogens (primary N) is 2. The minimum atomic E-state index is -0.377. The molecule has 1 fully saturated rings. The third-order valence-electron chi connectivity index (χ3n) is 5.06. The van der Waals surface area contributed by atoms with Gasteiger partial charge in [-0.2, -0.15) is 0 Å². The molecule has 0 bridgehead atoms. The van der Waals surface area contributed by atoms with Crippen LogP contribution in [-0.4, -0.2) is 35.0 Å². The number of aromatic nitrogens is 2. The number of hydrogen-bond donors (Lipinski definition) is 3. The monoisotopic (exact) mass is 380 g/mol. The molecule has 146 valence electrons. The number of nitrogen functional groups attached to an aromatic ring is 1. The van der Waals surface area contributed by atoms with Crippen molar-refractivity contribution in [2.24, 2.45) is 11.7 Å². The maximum Gasteiger partial charge on any atom is 0.263 e. The van der Waals surface area contributed by atoms with Gasteiger partial charge in [0.05, 0.1) is 17.6 Å². The van der Waals surface area contributed by atoms with E-state index in [1.165, 1.54) is 0 Å². The lowest BCUT2D eigenvalue weighted by atomic mass is 9.95. The molecule has 1 saturated heterocycles. The maximum absolute atomic E-state index is 13.0. The third-order valence-corrected chi connectivity index (χ3v) is 5.06. The molecular formula is C20H24N6O2. The number of furan rings is 1. The van der Waals surface area contributed by atoms with Gasteiger partial charge in [-0.15, -0.1) is 0 Å². The average Bonchev–Trinajstić information content (AvgIpc) is 2.96. The second-order valence-electron chi connectivity index (χ2n) is 7.50. The second kappa shape index (κ2) is 7.12. The lowest BCUT2D eigenvalue weighted by Gasteiger charge is -2.38. The van der Waals surface area contributed by atoms with Crippen LogP contribution in [0.2, 0.25) is 0 Å². The van der Waals surface area contributed by atoms with Crippen LogP contribution in [-0.2, 0) is 0 Å². The molecule has 8 nitrogen and oxygen atoms in total. The first-order valence-corrected chi connectivity index (χ1v) is 9.33. The topological polar surface area (TPSA) is 123 Å². The van der Waals surface area contributed by atoms with Gasteiger partial charge in [-0.1, -0.05) is 6.92 Å². The summed E-state index contributed by atoms with van der Waals surface area (Å²) in [4.78, 5) is 23.7. The Morgan fingerprint density at radius 3 is 2.96 bits per heavy atom. The highest BCUT2D eigenvalue weighted by molar-refractivity contribution is 6.15. The van der Waals surface area contributed by atoms with Gasteiger partial charge in [-0.05, 0) is 37.0 Å². The Morgan fingerprint density at radius 1 is 1.36 bits per heavy atom. The highest BCUT2D eigenvalue weighted by atomic mass is 16.3. The van der Waals surface area contributed by atoms with Crippen molar-refractivity contribution in [3.05, 3.63) is 41.9 Å². The number of hydrogen-bond acceptors (Lipinski definition) is 7. The highest BCUT2D eigenvalue weighted by Gasteiger charge is 2.27. The number of anilines is 3. The fraction of sp³-hybridized carbons (Fsp3) is 0.350. The van der Waals surface area contributed by atoms with Gasteiger partial charge < -0.3 is 26.1 Å². The molecule has 0 saturated carbocycles. The summed E-state index contributed by atoms with van der Waals surface area (Å²) in [7, 11) is 0. The Morgan fingerprint density at radius 2 is 2.18 bits per heavy atom. The molecule has 0 aromatic carbocycles. The third kappa shape index (κ3) is 3.27. The molecule has 4 rings (SSSR count). The van der Waals surface area contributed by atoms with Gasteiger partial charge in [0.1, 0.15) is 11.1 Å². The summed E-state index contributed by atoms with van der Waals surface area (Å²) >= 11 is 0. The van der Waals surface area contributed by atoms with E-state index in [0.717, 1.165) is 30.8 Å². The smallest absolute Gasteiger partial charge is 0.263 e. The minimum Gasteiger partial charge on any atom is -0.438 e. The fourth-order valence-electron chi connectivity index (χ4n) is 4.00. The molecule has 0 spiro atoms. The average molecular weight is 380 g/mol. The number of rotatable bonds is 3. The number of piperidine rings is 1. The predicted octanol–water partition coefficient (Wildman–Crippen LogP) is 2.54. The van der Waals surface area contributed by atoms with Crippen LogP contribution in [0.15, 0.2) is 35.1 Å². The van der Waals surface area contributed by atoms with Crippen molar-refractivity contribution in [2.75, 3.05) is 29.0 Å². The van der Waals surface area contributed by atoms with E-state index < -0.39 is 0 Å². The molecule has 1 amide bonds. The number of amides is 1. The molecule has 3 aromatic rings. The number of pyridine rings is 2. The van der Waals surface area contributed by atoms with Crippen LogP contribution in [0.4, 0.5) is 17.3 Å². The Balaban J connectivity index is 1.69. The number of carbonyl (C=O) groups is 1. The highest BCUT2D eigenvalue weighted by Crippen LogP contribution is 2.33. The molecule has 2 atom stereocenters. The molecule has 0 aliphatic carbocycles. The van der Waals surface area contributed by atoms with E-state index >= 15 is 0 Å². The zero-order valence-corrected chi connectivity index (χ0v) is 16.0. The largest absolute Gasteiger partial charge is 0.438 e. The van der Waals surface area contributed by atoms with Crippen molar-refractivity contribution >= 4 is 34.3 Å². The van der Waals surface area contributed by atoms with Crippen LogP contribution < -0.4 is 21.7 Å². The Hall–Kier alpha value is -3.13. The summed E-state index contributed by atoms with van der Waals surface area (Å²) in [5, 5.41) is 2.95. The second-order valence-corrected chi connectivity index (χ2v) is 7.50. The van der Waals surface area contributed by atoms with E-state index in [2.05, 4.69) is 27.1 Å². The number of nitrogens with one attached hydrogen (secondary N) is 1. The first-order chi connectivity index (χ1) is 13.4. The van der Waals surface area contributed by atoms with Crippen LogP contribution in [0.1, 0.15) is 29.3 Å². The minimum absolute atomic E-state index is 0.0435. The van der Waals surface area contributed by atoms with E-state index in [-0.39, 0.29) is 23.4 Å². The van der Waals surface area contributed by atoms with Crippen molar-refractivity contribution in [3.8, 4) is 0 Å². The van der Waals surface area contributed by atoms with E-state index in [1.807, 2.05) is 6.92 Å². The van der Waals surface area contributed by atoms with E-state index in [0.29, 0.717) is 22.7 Å². The molecular weight excluding hydrogens is 356 g/mol. The molecule has 8 heteroatoms. The maximum atomic E-state index is 13.0. The van der Waals surface area contributed by atoms with Crippen molar-refractivity contribution in [2.45, 2.75) is 26.3 Å². The van der Waals surface area contributed by atoms with Crippen molar-refractivity contribution < 1.29 is 9.21 Å². The summed E-state index contributed by atoms with van der Waals surface area (Å²) in [6.45, 7) is 5.77. The zero-order chi connectivity index (χ0) is 19.8. The lowest BCUT2D eigenvalue weighted by molar-refractivity contribution is 0.102. The van der Waals surface area contributed by atoms with Crippen LogP contribution in [0.3, 0.4) is 0 Å². The van der Waals surface area contributed by atoms with Crippen molar-refractivity contribution in [1.82, 2.24) is 9.97 Å². The molecule has 1 aliphatic heterocycles. The zero-order valence-electron chi connectivity index (χ0n) is 16.0. The van der Waals surface area contributed by atoms with Crippen LogP contribution in [0.25, 0.3) is 11.1 Å². The molecule has 28 heavy (non-hydrogen) atoms. The van der Waals surface area contributed by atoms with Gasteiger partial charge in [0.15, 0.2) is 5.58 Å². The summed E-state index contributed by atoms with van der Waals surface area (Å²) in [5.74, 6) is 0.137. The number of nitrogens with zero attached hydrogens (tertiary/aromatic N) is 3. The van der Waals surface area contributed by atoms with Crippen molar-refractivity contribution in [3.63, 3.8) is 0 Å². The number of fused-ring (bicyclic) bond motifs is 1. The first kappa shape index (κ1) is 18.2. The van der Waals surface area contributed by atoms with E-state index in [4.69, 9.17) is 15.9 Å². The molecule has 5 N–H and O–H groups in total. The predicted molar refractivity (Wildman–Crippen MR) is 109 cm³/mol. The van der Waals surface area contributed by atoms with Crippen LogP contribution >= 0.6 is 0 Å². The Kier molecular flexibility index (Phi) is 4.64. The SMILES string of the molecule is Cc1cncc(NC(=O)c2c(N)oc3cccnc23)c1N1CC(C)CC(N)C1. The molecule has 1 aliphatic rings. The van der Waals surface area contributed by atoms with Gasteiger partial charge in [-0.3, -0.25) is 14.8 Å². The van der Waals surface area contributed by atoms with Gasteiger partial charge in [0.25, 0.3) is 5.91 Å². The number of carbonyl (C=O) groups excluding carboxylic acids is 1. The first-order valence-electron chi connectivity index (χ1n) is 9.33. The molecule has 3 aromatic heterocycles. The standard InChI is InChI=1S/C20H24N6O2/c1-11-6-13(21)10-26(9-11)18-12(2)7-23-8-14(18)25-20(27)16-17-15(28-19(16)22)4-3-5-24-17/h3-5,7-8,11,13H,6,9-10,21-22H2,1-2H3,(H,25,27).